The van der Waals surface area contributed by atoms with Crippen LogP contribution in [-0.2, 0) is 6.54 Å². The number of pyridine rings is 1. The Morgan fingerprint density at radius 1 is 1.22 bits per heavy atom. The number of hydrogen-bond donors (Lipinski definition) is 1. The third-order valence-electron chi connectivity index (χ3n) is 3.38. The molecule has 0 aliphatic heterocycles. The summed E-state index contributed by atoms with van der Waals surface area (Å²) in [6, 6.07) is 12.8. The predicted molar refractivity (Wildman–Crippen MR) is 80.8 cm³/mol. The first kappa shape index (κ1) is 15.1. The maximum atomic E-state index is 12.2. The van der Waals surface area contributed by atoms with Crippen molar-refractivity contribution in [2.75, 3.05) is 6.54 Å². The second kappa shape index (κ2) is 6.50. The van der Waals surface area contributed by atoms with Gasteiger partial charge in [0.05, 0.1) is 23.9 Å². The van der Waals surface area contributed by atoms with E-state index in [1.807, 2.05) is 18.2 Å². The van der Waals surface area contributed by atoms with Gasteiger partial charge in [-0.25, -0.2) is 18.3 Å². The van der Waals surface area contributed by atoms with E-state index in [9.17, 15) is 8.78 Å². The lowest BCUT2D eigenvalue weighted by atomic mass is 10.1. The highest BCUT2D eigenvalue weighted by molar-refractivity contribution is 5.65. The minimum Gasteiger partial charge on any atom is -0.307 e. The molecule has 5 nitrogen and oxygen atoms in total. The number of nitriles is 1. The van der Waals surface area contributed by atoms with E-state index in [2.05, 4.69) is 21.5 Å². The Labute approximate surface area is 131 Å². The van der Waals surface area contributed by atoms with E-state index in [4.69, 9.17) is 5.26 Å². The first-order valence-corrected chi connectivity index (χ1v) is 6.99. The molecule has 0 amide bonds. The number of nitrogens with one attached hydrogen (secondary N) is 1. The average molecular weight is 313 g/mol. The van der Waals surface area contributed by atoms with E-state index < -0.39 is 6.43 Å². The molecule has 7 heteroatoms. The van der Waals surface area contributed by atoms with Gasteiger partial charge in [-0.2, -0.15) is 10.4 Å². The molecule has 0 unspecified atom stereocenters. The zero-order valence-electron chi connectivity index (χ0n) is 12.1. The van der Waals surface area contributed by atoms with E-state index in [0.717, 1.165) is 16.8 Å². The van der Waals surface area contributed by atoms with Gasteiger partial charge in [0.25, 0.3) is 6.43 Å². The summed E-state index contributed by atoms with van der Waals surface area (Å²) in [7, 11) is 0. The Balaban J connectivity index is 1.97. The highest BCUT2D eigenvalue weighted by Gasteiger charge is 2.09. The number of benzene rings is 1. The Morgan fingerprint density at radius 2 is 2.00 bits per heavy atom. The lowest BCUT2D eigenvalue weighted by molar-refractivity contribution is 0.145. The number of aromatic nitrogens is 3. The fraction of sp³-hybridized carbons (Fsp3) is 0.188. The zero-order chi connectivity index (χ0) is 16.2. The van der Waals surface area contributed by atoms with Gasteiger partial charge < -0.3 is 5.32 Å². The van der Waals surface area contributed by atoms with Crippen molar-refractivity contribution in [1.82, 2.24) is 19.9 Å². The van der Waals surface area contributed by atoms with Crippen LogP contribution >= 0.6 is 0 Å². The van der Waals surface area contributed by atoms with Gasteiger partial charge in [-0.3, -0.25) is 0 Å². The maximum absolute atomic E-state index is 12.2. The number of rotatable bonds is 5. The third kappa shape index (κ3) is 3.33. The van der Waals surface area contributed by atoms with Crippen molar-refractivity contribution in [2.24, 2.45) is 0 Å². The Hall–Kier alpha value is -2.85. The summed E-state index contributed by atoms with van der Waals surface area (Å²) in [5.41, 5.74) is 3.71. The Kier molecular flexibility index (Phi) is 4.26. The minimum absolute atomic E-state index is 0.316. The van der Waals surface area contributed by atoms with Gasteiger partial charge in [0, 0.05) is 12.1 Å². The van der Waals surface area contributed by atoms with E-state index >= 15 is 0 Å². The summed E-state index contributed by atoms with van der Waals surface area (Å²) in [6.45, 7) is -0.0406. The highest BCUT2D eigenvalue weighted by atomic mass is 19.3. The molecule has 2 heterocycles. The molecule has 0 saturated heterocycles. The van der Waals surface area contributed by atoms with Crippen LogP contribution in [0.5, 0.6) is 0 Å². The van der Waals surface area contributed by atoms with Gasteiger partial charge in [0.15, 0.2) is 5.65 Å². The van der Waals surface area contributed by atoms with Crippen LogP contribution in [0.3, 0.4) is 0 Å². The molecule has 0 fully saturated rings. The van der Waals surface area contributed by atoms with Crippen LogP contribution < -0.4 is 5.32 Å². The fourth-order valence-corrected chi connectivity index (χ4v) is 2.33. The van der Waals surface area contributed by atoms with Crippen molar-refractivity contribution in [1.29, 1.82) is 5.26 Å². The van der Waals surface area contributed by atoms with Gasteiger partial charge >= 0.3 is 0 Å². The number of fused-ring (bicyclic) bond motifs is 1. The fourth-order valence-electron chi connectivity index (χ4n) is 2.33. The third-order valence-corrected chi connectivity index (χ3v) is 3.38. The minimum atomic E-state index is -2.38. The number of alkyl halides is 2. The second-order valence-corrected chi connectivity index (χ2v) is 4.99. The van der Waals surface area contributed by atoms with Crippen molar-refractivity contribution in [3.63, 3.8) is 0 Å². The molecular formula is C16H13F2N5. The molecule has 116 valence electrons. The van der Waals surface area contributed by atoms with Gasteiger partial charge in [0.2, 0.25) is 0 Å². The van der Waals surface area contributed by atoms with Gasteiger partial charge in [0.1, 0.15) is 6.33 Å². The van der Waals surface area contributed by atoms with Crippen molar-refractivity contribution in [2.45, 2.75) is 13.0 Å². The summed E-state index contributed by atoms with van der Waals surface area (Å²) in [5, 5.41) is 15.8. The van der Waals surface area contributed by atoms with Crippen LogP contribution in [0.4, 0.5) is 8.78 Å². The molecule has 0 radical (unpaired) electrons. The first-order chi connectivity index (χ1) is 11.2. The van der Waals surface area contributed by atoms with Gasteiger partial charge in [-0.05, 0) is 29.8 Å². The molecule has 0 aliphatic carbocycles. The summed E-state index contributed by atoms with van der Waals surface area (Å²) < 4.78 is 26.2. The predicted octanol–water partition coefficient (Wildman–Crippen LogP) is 2.62. The van der Waals surface area contributed by atoms with Gasteiger partial charge in [-0.15, -0.1) is 0 Å². The number of hydrogen-bond acceptors (Lipinski definition) is 4. The zero-order valence-corrected chi connectivity index (χ0v) is 12.1. The second-order valence-electron chi connectivity index (χ2n) is 4.99. The molecule has 3 aromatic rings. The number of nitrogens with zero attached hydrogens (tertiary/aromatic N) is 4. The van der Waals surface area contributed by atoms with E-state index in [1.54, 1.807) is 22.7 Å². The van der Waals surface area contributed by atoms with Crippen molar-refractivity contribution < 1.29 is 8.78 Å². The molecular weight excluding hydrogens is 300 g/mol. The van der Waals surface area contributed by atoms with Crippen molar-refractivity contribution in [3.05, 3.63) is 53.9 Å². The van der Waals surface area contributed by atoms with Crippen LogP contribution in [0.25, 0.3) is 16.9 Å². The molecule has 0 atom stereocenters. The largest absolute Gasteiger partial charge is 0.307 e. The molecule has 0 bridgehead atoms. The van der Waals surface area contributed by atoms with Crippen LogP contribution in [0.1, 0.15) is 11.1 Å². The monoisotopic (exact) mass is 313 g/mol. The van der Waals surface area contributed by atoms with Crippen molar-refractivity contribution in [3.8, 4) is 17.3 Å². The highest BCUT2D eigenvalue weighted by Crippen LogP contribution is 2.22. The molecule has 0 aliphatic rings. The first-order valence-electron chi connectivity index (χ1n) is 6.99. The molecule has 0 saturated carbocycles. The quantitative estimate of drug-likeness (QED) is 0.786. The number of halogens is 2. The standard InChI is InChI=1S/C16H13F2N5/c17-15(18)9-20-8-12-5-14(23-16(6-12)21-10-22-23)13-3-1-11(7-19)2-4-13/h1-6,10,15,20H,8-9H2. The molecule has 3 rings (SSSR count). The van der Waals surface area contributed by atoms with E-state index in [0.29, 0.717) is 17.8 Å². The molecule has 23 heavy (non-hydrogen) atoms. The molecule has 0 spiro atoms. The summed E-state index contributed by atoms with van der Waals surface area (Å²) >= 11 is 0. The molecule has 1 N–H and O–H groups in total. The van der Waals surface area contributed by atoms with Crippen LogP contribution in [0.15, 0.2) is 42.7 Å². The van der Waals surface area contributed by atoms with E-state index in [-0.39, 0.29) is 6.54 Å². The maximum Gasteiger partial charge on any atom is 0.250 e. The summed E-state index contributed by atoms with van der Waals surface area (Å²) in [5.74, 6) is 0. The van der Waals surface area contributed by atoms with Crippen LogP contribution in [0.2, 0.25) is 0 Å². The summed E-state index contributed by atoms with van der Waals surface area (Å²) in [4.78, 5) is 4.17. The SMILES string of the molecule is N#Cc1ccc(-c2cc(CNCC(F)F)cc3ncnn23)cc1. The van der Waals surface area contributed by atoms with Crippen molar-refractivity contribution >= 4 is 5.65 Å². The average Bonchev–Trinajstić information content (AvgIpc) is 3.02. The smallest absolute Gasteiger partial charge is 0.250 e. The molecule has 2 aromatic heterocycles. The normalized spacial score (nSPS) is 11.0. The van der Waals surface area contributed by atoms with Gasteiger partial charge in [-0.1, -0.05) is 12.1 Å². The topological polar surface area (TPSA) is 66.0 Å². The molecule has 1 aromatic carbocycles. The lowest BCUT2D eigenvalue weighted by Gasteiger charge is -2.09. The van der Waals surface area contributed by atoms with Crippen LogP contribution in [0, 0.1) is 11.3 Å². The Morgan fingerprint density at radius 3 is 2.70 bits per heavy atom. The Bertz CT molecular complexity index is 849. The lowest BCUT2D eigenvalue weighted by Crippen LogP contribution is -2.20. The summed E-state index contributed by atoms with van der Waals surface area (Å²) in [6.07, 6.45) is -0.941. The van der Waals surface area contributed by atoms with Crippen LogP contribution in [-0.4, -0.2) is 27.6 Å². The van der Waals surface area contributed by atoms with E-state index in [1.165, 1.54) is 6.33 Å².